The van der Waals surface area contributed by atoms with Crippen LogP contribution >= 0.6 is 0 Å². The summed E-state index contributed by atoms with van der Waals surface area (Å²) >= 11 is 0. The van der Waals surface area contributed by atoms with Crippen molar-refractivity contribution in [1.82, 2.24) is 0 Å². The molecular formula is C20H22N2O3. The molecule has 2 aromatic rings. The molecule has 130 valence electrons. The van der Waals surface area contributed by atoms with Gasteiger partial charge in [0.05, 0.1) is 5.56 Å². The van der Waals surface area contributed by atoms with Gasteiger partial charge in [-0.05, 0) is 60.7 Å². The van der Waals surface area contributed by atoms with Gasteiger partial charge in [-0.15, -0.1) is 0 Å². The van der Waals surface area contributed by atoms with Crippen molar-refractivity contribution in [3.8, 4) is 11.1 Å². The van der Waals surface area contributed by atoms with E-state index in [9.17, 15) is 14.7 Å². The van der Waals surface area contributed by atoms with Crippen LogP contribution in [0.25, 0.3) is 11.1 Å². The van der Waals surface area contributed by atoms with E-state index in [1.165, 1.54) is 0 Å². The van der Waals surface area contributed by atoms with E-state index in [0.29, 0.717) is 17.5 Å². The zero-order chi connectivity index (χ0) is 18.3. The summed E-state index contributed by atoms with van der Waals surface area (Å²) < 4.78 is 0. The van der Waals surface area contributed by atoms with Crippen molar-refractivity contribution in [2.24, 2.45) is 5.73 Å². The maximum atomic E-state index is 12.0. The van der Waals surface area contributed by atoms with Crippen molar-refractivity contribution in [1.29, 1.82) is 0 Å². The SMILES string of the molecule is CC(=O)N1c2ccc(-c3ccc(C(=O)O)c(C)c3)cc2C(N)CC1C. The lowest BCUT2D eigenvalue weighted by atomic mass is 9.89. The van der Waals surface area contributed by atoms with E-state index in [1.54, 1.807) is 30.9 Å². The second-order valence-electron chi connectivity index (χ2n) is 6.69. The van der Waals surface area contributed by atoms with Gasteiger partial charge in [0.15, 0.2) is 0 Å². The van der Waals surface area contributed by atoms with Crippen LogP contribution in [-0.2, 0) is 4.79 Å². The molecule has 0 aliphatic carbocycles. The molecule has 1 aliphatic heterocycles. The highest BCUT2D eigenvalue weighted by Crippen LogP contribution is 2.38. The summed E-state index contributed by atoms with van der Waals surface area (Å²) in [5.41, 5.74) is 11.1. The van der Waals surface area contributed by atoms with Crippen LogP contribution < -0.4 is 10.6 Å². The van der Waals surface area contributed by atoms with Gasteiger partial charge in [-0.3, -0.25) is 4.79 Å². The molecule has 2 aromatic carbocycles. The standard InChI is InChI=1S/C20H22N2O3/c1-11-8-14(4-6-16(11)20(24)25)15-5-7-19-17(10-15)18(21)9-12(2)22(19)13(3)23/h4-8,10,12,18H,9,21H2,1-3H3,(H,24,25). The van der Waals surface area contributed by atoms with Crippen LogP contribution in [0.1, 0.15) is 47.8 Å². The van der Waals surface area contributed by atoms with Crippen LogP contribution in [0.5, 0.6) is 0 Å². The van der Waals surface area contributed by atoms with E-state index >= 15 is 0 Å². The number of nitrogens with zero attached hydrogens (tertiary/aromatic N) is 1. The quantitative estimate of drug-likeness (QED) is 0.878. The van der Waals surface area contributed by atoms with E-state index in [-0.39, 0.29) is 18.0 Å². The number of benzene rings is 2. The molecular weight excluding hydrogens is 316 g/mol. The second-order valence-corrected chi connectivity index (χ2v) is 6.69. The monoisotopic (exact) mass is 338 g/mol. The minimum absolute atomic E-state index is 0.00931. The normalized spacial score (nSPS) is 19.4. The van der Waals surface area contributed by atoms with Gasteiger partial charge in [-0.1, -0.05) is 18.2 Å². The van der Waals surface area contributed by atoms with Crippen LogP contribution in [-0.4, -0.2) is 23.0 Å². The van der Waals surface area contributed by atoms with Gasteiger partial charge < -0.3 is 15.7 Å². The Bertz CT molecular complexity index is 860. The van der Waals surface area contributed by atoms with Crippen LogP contribution in [0.15, 0.2) is 36.4 Å². The summed E-state index contributed by atoms with van der Waals surface area (Å²) in [7, 11) is 0. The first-order valence-electron chi connectivity index (χ1n) is 8.33. The molecule has 1 aliphatic rings. The van der Waals surface area contributed by atoms with Gasteiger partial charge in [0.25, 0.3) is 0 Å². The Morgan fingerprint density at radius 1 is 1.16 bits per heavy atom. The average Bonchev–Trinajstić information content (AvgIpc) is 2.53. The van der Waals surface area contributed by atoms with Crippen molar-refractivity contribution in [3.05, 3.63) is 53.1 Å². The Labute approximate surface area is 147 Å². The number of amides is 1. The third kappa shape index (κ3) is 3.03. The number of hydrogen-bond acceptors (Lipinski definition) is 3. The Balaban J connectivity index is 2.07. The topological polar surface area (TPSA) is 83.6 Å². The summed E-state index contributed by atoms with van der Waals surface area (Å²) in [5, 5.41) is 9.17. The maximum absolute atomic E-state index is 12.0. The van der Waals surface area contributed by atoms with Crippen LogP contribution in [0.3, 0.4) is 0 Å². The largest absolute Gasteiger partial charge is 0.478 e. The first-order valence-corrected chi connectivity index (χ1v) is 8.33. The summed E-state index contributed by atoms with van der Waals surface area (Å²) in [6.45, 7) is 5.36. The highest BCUT2D eigenvalue weighted by atomic mass is 16.4. The van der Waals surface area contributed by atoms with Crippen molar-refractivity contribution in [3.63, 3.8) is 0 Å². The van der Waals surface area contributed by atoms with E-state index in [0.717, 1.165) is 22.4 Å². The molecule has 0 radical (unpaired) electrons. The van der Waals surface area contributed by atoms with Crippen LogP contribution in [0.4, 0.5) is 5.69 Å². The lowest BCUT2D eigenvalue weighted by molar-refractivity contribution is -0.117. The van der Waals surface area contributed by atoms with E-state index in [4.69, 9.17) is 5.73 Å². The zero-order valence-corrected chi connectivity index (χ0v) is 14.6. The van der Waals surface area contributed by atoms with Crippen molar-refractivity contribution >= 4 is 17.6 Å². The molecule has 0 aromatic heterocycles. The van der Waals surface area contributed by atoms with Gasteiger partial charge >= 0.3 is 5.97 Å². The van der Waals surface area contributed by atoms with Crippen LogP contribution in [0.2, 0.25) is 0 Å². The molecule has 3 N–H and O–H groups in total. The fourth-order valence-corrected chi connectivity index (χ4v) is 3.65. The van der Waals surface area contributed by atoms with Crippen molar-refractivity contribution in [2.45, 2.75) is 39.3 Å². The summed E-state index contributed by atoms with van der Waals surface area (Å²) in [5.74, 6) is -0.919. The van der Waals surface area contributed by atoms with E-state index < -0.39 is 5.97 Å². The lowest BCUT2D eigenvalue weighted by Crippen LogP contribution is -2.43. The number of carbonyl (C=O) groups is 2. The molecule has 0 saturated heterocycles. The van der Waals surface area contributed by atoms with E-state index in [2.05, 4.69) is 0 Å². The molecule has 25 heavy (non-hydrogen) atoms. The Hall–Kier alpha value is -2.66. The van der Waals surface area contributed by atoms with Crippen molar-refractivity contribution in [2.75, 3.05) is 4.90 Å². The first kappa shape index (κ1) is 17.2. The molecule has 1 amide bonds. The Morgan fingerprint density at radius 2 is 1.80 bits per heavy atom. The number of rotatable bonds is 2. The smallest absolute Gasteiger partial charge is 0.335 e. The molecule has 0 saturated carbocycles. The minimum atomic E-state index is -0.928. The Kier molecular flexibility index (Phi) is 4.35. The fraction of sp³-hybridized carbons (Fsp3) is 0.300. The number of anilines is 1. The summed E-state index contributed by atoms with van der Waals surface area (Å²) in [6, 6.07) is 11.1. The molecule has 0 fully saturated rings. The number of nitrogens with two attached hydrogens (primary N) is 1. The predicted octanol–water partition coefficient (Wildman–Crippen LogP) is 3.51. The average molecular weight is 338 g/mol. The van der Waals surface area contributed by atoms with Gasteiger partial charge in [-0.2, -0.15) is 0 Å². The highest BCUT2D eigenvalue weighted by Gasteiger charge is 2.30. The van der Waals surface area contributed by atoms with Gasteiger partial charge in [0.1, 0.15) is 0 Å². The summed E-state index contributed by atoms with van der Waals surface area (Å²) in [4.78, 5) is 25.0. The minimum Gasteiger partial charge on any atom is -0.478 e. The third-order valence-electron chi connectivity index (χ3n) is 4.85. The number of carbonyl (C=O) groups excluding carboxylic acids is 1. The zero-order valence-electron chi connectivity index (χ0n) is 14.6. The molecule has 2 unspecified atom stereocenters. The molecule has 0 bridgehead atoms. The van der Waals surface area contributed by atoms with Crippen molar-refractivity contribution < 1.29 is 14.7 Å². The third-order valence-corrected chi connectivity index (χ3v) is 4.85. The van der Waals surface area contributed by atoms with Gasteiger partial charge in [0.2, 0.25) is 5.91 Å². The molecule has 5 nitrogen and oxygen atoms in total. The number of fused-ring (bicyclic) bond motifs is 1. The molecule has 5 heteroatoms. The number of aryl methyl sites for hydroxylation is 1. The molecule has 2 atom stereocenters. The van der Waals surface area contributed by atoms with Gasteiger partial charge in [-0.25, -0.2) is 4.79 Å². The molecule has 3 rings (SSSR count). The van der Waals surface area contributed by atoms with E-state index in [1.807, 2.05) is 31.2 Å². The van der Waals surface area contributed by atoms with Crippen LogP contribution in [0, 0.1) is 6.92 Å². The number of hydrogen-bond donors (Lipinski definition) is 2. The van der Waals surface area contributed by atoms with Gasteiger partial charge in [0, 0.05) is 24.7 Å². The Morgan fingerprint density at radius 3 is 2.40 bits per heavy atom. The maximum Gasteiger partial charge on any atom is 0.335 e. The fourth-order valence-electron chi connectivity index (χ4n) is 3.65. The number of carboxylic acid groups (broad SMARTS) is 1. The number of aromatic carboxylic acids is 1. The predicted molar refractivity (Wildman–Crippen MR) is 97.7 cm³/mol. The molecule has 0 spiro atoms. The molecule has 1 heterocycles. The number of carboxylic acids is 1. The second kappa shape index (κ2) is 6.33. The summed E-state index contributed by atoms with van der Waals surface area (Å²) in [6.07, 6.45) is 0.715. The highest BCUT2D eigenvalue weighted by molar-refractivity contribution is 5.94. The lowest BCUT2D eigenvalue weighted by Gasteiger charge is -2.38. The first-order chi connectivity index (χ1) is 11.8.